The third-order valence-corrected chi connectivity index (χ3v) is 5.63. The average Bonchev–Trinajstić information content (AvgIpc) is 2.83. The zero-order valence-corrected chi connectivity index (χ0v) is 15.5. The number of nitrogens with zero attached hydrogens (tertiary/aromatic N) is 3. The van der Waals surface area contributed by atoms with Crippen molar-refractivity contribution in [2.75, 3.05) is 44.2 Å². The molecule has 0 aromatic heterocycles. The molecule has 0 aliphatic carbocycles. The maximum absolute atomic E-state index is 12.0. The number of hydrogen-bond acceptors (Lipinski definition) is 4. The summed E-state index contributed by atoms with van der Waals surface area (Å²) in [6.45, 7) is 8.94. The van der Waals surface area contributed by atoms with Gasteiger partial charge < -0.3 is 14.9 Å². The van der Waals surface area contributed by atoms with E-state index in [1.165, 1.54) is 11.3 Å². The molecule has 2 heterocycles. The van der Waals surface area contributed by atoms with Gasteiger partial charge in [0.1, 0.15) is 0 Å². The molecule has 1 N–H and O–H groups in total. The molecule has 0 bridgehead atoms. The topological polar surface area (TPSA) is 47.0 Å². The third-order valence-electron chi connectivity index (χ3n) is 5.63. The molecule has 0 spiro atoms. The van der Waals surface area contributed by atoms with Crippen LogP contribution in [-0.2, 0) is 4.79 Å². The monoisotopic (exact) mass is 345 g/mol. The first-order valence-corrected chi connectivity index (χ1v) is 9.59. The number of aliphatic hydroxyl groups excluding tert-OH is 1. The highest BCUT2D eigenvalue weighted by Crippen LogP contribution is 2.26. The molecule has 5 heteroatoms. The Morgan fingerprint density at radius 3 is 2.52 bits per heavy atom. The zero-order valence-electron chi connectivity index (χ0n) is 15.5. The Morgan fingerprint density at radius 1 is 1.12 bits per heavy atom. The fourth-order valence-electron chi connectivity index (χ4n) is 4.19. The van der Waals surface area contributed by atoms with Gasteiger partial charge >= 0.3 is 0 Å². The highest BCUT2D eigenvalue weighted by molar-refractivity contribution is 5.75. The first kappa shape index (κ1) is 18.2. The van der Waals surface area contributed by atoms with Crippen molar-refractivity contribution >= 4 is 11.6 Å². The Bertz CT molecular complexity index is 584. The summed E-state index contributed by atoms with van der Waals surface area (Å²) in [6, 6.07) is 9.09. The number of carbonyl (C=O) groups is 1. The second kappa shape index (κ2) is 8.19. The van der Waals surface area contributed by atoms with Crippen LogP contribution in [0, 0.1) is 6.92 Å². The van der Waals surface area contributed by atoms with Crippen LogP contribution < -0.4 is 4.90 Å². The minimum atomic E-state index is -0.438. The minimum absolute atomic E-state index is 0.148. The van der Waals surface area contributed by atoms with Crippen LogP contribution in [0.2, 0.25) is 0 Å². The van der Waals surface area contributed by atoms with Gasteiger partial charge in [0.15, 0.2) is 0 Å². The van der Waals surface area contributed by atoms with E-state index in [-0.39, 0.29) is 5.91 Å². The van der Waals surface area contributed by atoms with Crippen molar-refractivity contribution in [2.45, 2.75) is 45.3 Å². The number of para-hydroxylation sites is 1. The van der Waals surface area contributed by atoms with Crippen molar-refractivity contribution in [3.8, 4) is 0 Å². The molecule has 1 amide bonds. The van der Waals surface area contributed by atoms with Crippen LogP contribution in [0.4, 0.5) is 5.69 Å². The summed E-state index contributed by atoms with van der Waals surface area (Å²) >= 11 is 0. The van der Waals surface area contributed by atoms with E-state index in [1.54, 1.807) is 0 Å². The molecule has 0 unspecified atom stereocenters. The van der Waals surface area contributed by atoms with Crippen molar-refractivity contribution in [1.82, 2.24) is 9.80 Å². The molecule has 3 rings (SSSR count). The minimum Gasteiger partial charge on any atom is -0.390 e. The van der Waals surface area contributed by atoms with E-state index < -0.39 is 6.10 Å². The molecule has 1 aromatic rings. The summed E-state index contributed by atoms with van der Waals surface area (Å²) in [6.07, 6.45) is 2.31. The molecule has 2 aliphatic heterocycles. The molecular weight excluding hydrogens is 314 g/mol. The van der Waals surface area contributed by atoms with E-state index in [4.69, 9.17) is 0 Å². The Kier molecular flexibility index (Phi) is 5.97. The molecule has 2 aliphatic rings. The van der Waals surface area contributed by atoms with Gasteiger partial charge in [-0.1, -0.05) is 25.1 Å². The van der Waals surface area contributed by atoms with Crippen molar-refractivity contribution in [3.05, 3.63) is 29.8 Å². The standard InChI is InChI=1S/C20H31N3O2/c1-3-20(25)23-13-12-22(14-18(24)15-23)17-8-10-21(11-9-17)19-7-5-4-6-16(19)2/h4-7,17-18,24H,3,8-15H2,1-2H3/t18-/m1/s1. The van der Waals surface area contributed by atoms with Gasteiger partial charge in [0, 0.05) is 57.4 Å². The SMILES string of the molecule is CCC(=O)N1CCN(C2CCN(c3ccccc3C)CC2)C[C@@H](O)C1. The van der Waals surface area contributed by atoms with Gasteiger partial charge in [0.2, 0.25) is 5.91 Å². The van der Waals surface area contributed by atoms with Crippen LogP contribution in [0.25, 0.3) is 0 Å². The number of anilines is 1. The van der Waals surface area contributed by atoms with E-state index in [0.29, 0.717) is 25.6 Å². The number of β-amino-alcohol motifs (C(OH)–C–C–N with tert-alkyl or cyclic N) is 1. The lowest BCUT2D eigenvalue weighted by molar-refractivity contribution is -0.131. The molecule has 2 saturated heterocycles. The summed E-state index contributed by atoms with van der Waals surface area (Å²) < 4.78 is 0. The molecule has 0 radical (unpaired) electrons. The predicted octanol–water partition coefficient (Wildman–Crippen LogP) is 1.88. The number of hydrogen-bond donors (Lipinski definition) is 1. The van der Waals surface area contributed by atoms with Gasteiger partial charge in [-0.3, -0.25) is 9.69 Å². The van der Waals surface area contributed by atoms with Gasteiger partial charge in [0.05, 0.1) is 6.10 Å². The maximum atomic E-state index is 12.0. The van der Waals surface area contributed by atoms with Gasteiger partial charge in [-0.25, -0.2) is 0 Å². The fraction of sp³-hybridized carbons (Fsp3) is 0.650. The van der Waals surface area contributed by atoms with Gasteiger partial charge in [-0.15, -0.1) is 0 Å². The quantitative estimate of drug-likeness (QED) is 0.909. The van der Waals surface area contributed by atoms with Crippen LogP contribution in [0.3, 0.4) is 0 Å². The molecule has 5 nitrogen and oxygen atoms in total. The Morgan fingerprint density at radius 2 is 1.84 bits per heavy atom. The number of benzene rings is 1. The van der Waals surface area contributed by atoms with Crippen molar-refractivity contribution < 1.29 is 9.90 Å². The number of piperidine rings is 1. The summed E-state index contributed by atoms with van der Waals surface area (Å²) in [5.74, 6) is 0.148. The van der Waals surface area contributed by atoms with Crippen LogP contribution in [0.15, 0.2) is 24.3 Å². The lowest BCUT2D eigenvalue weighted by Crippen LogP contribution is -2.47. The zero-order chi connectivity index (χ0) is 17.8. The first-order valence-electron chi connectivity index (χ1n) is 9.59. The van der Waals surface area contributed by atoms with E-state index in [2.05, 4.69) is 41.0 Å². The number of aryl methyl sites for hydroxylation is 1. The molecule has 25 heavy (non-hydrogen) atoms. The third kappa shape index (κ3) is 4.33. The lowest BCUT2D eigenvalue weighted by atomic mass is 10.0. The van der Waals surface area contributed by atoms with Crippen molar-refractivity contribution in [2.24, 2.45) is 0 Å². The summed E-state index contributed by atoms with van der Waals surface area (Å²) in [5, 5.41) is 10.3. The highest BCUT2D eigenvalue weighted by Gasteiger charge is 2.30. The van der Waals surface area contributed by atoms with E-state index >= 15 is 0 Å². The molecule has 1 atom stereocenters. The summed E-state index contributed by atoms with van der Waals surface area (Å²) in [4.78, 5) is 18.7. The van der Waals surface area contributed by atoms with Crippen LogP contribution >= 0.6 is 0 Å². The summed E-state index contributed by atoms with van der Waals surface area (Å²) in [5.41, 5.74) is 2.68. The fourth-order valence-corrected chi connectivity index (χ4v) is 4.19. The van der Waals surface area contributed by atoms with Gasteiger partial charge in [-0.2, -0.15) is 0 Å². The van der Waals surface area contributed by atoms with Gasteiger partial charge in [-0.05, 0) is 31.4 Å². The number of carbonyl (C=O) groups excluding carboxylic acids is 1. The Balaban J connectivity index is 1.57. The van der Waals surface area contributed by atoms with Crippen LogP contribution in [0.5, 0.6) is 0 Å². The second-order valence-corrected chi connectivity index (χ2v) is 7.35. The van der Waals surface area contributed by atoms with E-state index in [1.807, 2.05) is 11.8 Å². The largest absolute Gasteiger partial charge is 0.390 e. The lowest BCUT2D eigenvalue weighted by Gasteiger charge is -2.39. The highest BCUT2D eigenvalue weighted by atomic mass is 16.3. The van der Waals surface area contributed by atoms with Crippen molar-refractivity contribution in [1.29, 1.82) is 0 Å². The average molecular weight is 345 g/mol. The Labute approximate surface area is 151 Å². The van der Waals surface area contributed by atoms with E-state index in [9.17, 15) is 9.90 Å². The number of aliphatic hydroxyl groups is 1. The maximum Gasteiger partial charge on any atom is 0.222 e. The summed E-state index contributed by atoms with van der Waals surface area (Å²) in [7, 11) is 0. The van der Waals surface area contributed by atoms with E-state index in [0.717, 1.165) is 39.0 Å². The predicted molar refractivity (Wildman–Crippen MR) is 101 cm³/mol. The van der Waals surface area contributed by atoms with Crippen LogP contribution in [0.1, 0.15) is 31.7 Å². The van der Waals surface area contributed by atoms with Crippen molar-refractivity contribution in [3.63, 3.8) is 0 Å². The second-order valence-electron chi connectivity index (χ2n) is 7.35. The number of rotatable bonds is 3. The van der Waals surface area contributed by atoms with Gasteiger partial charge in [0.25, 0.3) is 0 Å². The molecule has 1 aromatic carbocycles. The van der Waals surface area contributed by atoms with Crippen LogP contribution in [-0.4, -0.2) is 72.2 Å². The molecular formula is C20H31N3O2. The molecule has 0 saturated carbocycles. The number of amides is 1. The first-order chi connectivity index (χ1) is 12.1. The smallest absolute Gasteiger partial charge is 0.222 e. The Hall–Kier alpha value is -1.59. The molecule has 2 fully saturated rings. The normalized spacial score (nSPS) is 23.6. The molecule has 138 valence electrons.